The molecular weight excluding hydrogens is 362 g/mol. The molecule has 3 N–H and O–H groups in total. The molecule has 1 fully saturated rings. The van der Waals surface area contributed by atoms with Gasteiger partial charge in [-0.05, 0) is 40.6 Å². The minimum atomic E-state index is -3.70. The Labute approximate surface area is 148 Å². The Morgan fingerprint density at radius 1 is 1.20 bits per heavy atom. The smallest absolute Gasteiger partial charge is 0.323 e. The molecule has 7 nitrogen and oxygen atoms in total. The molecule has 0 saturated carbocycles. The topological polar surface area (TPSA) is 106 Å². The van der Waals surface area contributed by atoms with Crippen molar-refractivity contribution < 1.29 is 13.5 Å². The highest BCUT2D eigenvalue weighted by molar-refractivity contribution is 7.89. The van der Waals surface area contributed by atoms with Crippen molar-refractivity contribution in [3.63, 3.8) is 0 Å². The number of benzene rings is 1. The van der Waals surface area contributed by atoms with Crippen molar-refractivity contribution in [2.45, 2.75) is 10.8 Å². The molecule has 25 heavy (non-hydrogen) atoms. The van der Waals surface area contributed by atoms with Gasteiger partial charge in [0.1, 0.15) is 0 Å². The van der Waals surface area contributed by atoms with Crippen molar-refractivity contribution in [1.82, 2.24) is 14.3 Å². The molecule has 132 valence electrons. The number of thiophene rings is 1. The number of aliphatic hydroxyl groups excluding tert-OH is 1. The van der Waals surface area contributed by atoms with Gasteiger partial charge in [0.15, 0.2) is 0 Å². The summed E-state index contributed by atoms with van der Waals surface area (Å²) in [6, 6.07) is 6.52. The minimum Gasteiger partial charge on any atom is -0.396 e. The van der Waals surface area contributed by atoms with E-state index in [2.05, 4.69) is 9.97 Å². The molecule has 2 unspecified atom stereocenters. The lowest BCUT2D eigenvalue weighted by Crippen LogP contribution is -2.29. The number of hydrogen-bond donors (Lipinski definition) is 3. The number of aromatic amines is 2. The van der Waals surface area contributed by atoms with E-state index in [9.17, 15) is 18.3 Å². The molecule has 1 saturated heterocycles. The van der Waals surface area contributed by atoms with Crippen molar-refractivity contribution >= 4 is 32.4 Å². The quantitative estimate of drug-likeness (QED) is 0.635. The predicted octanol–water partition coefficient (Wildman–Crippen LogP) is 1.31. The van der Waals surface area contributed by atoms with E-state index in [1.807, 2.05) is 16.8 Å². The van der Waals surface area contributed by atoms with Crippen LogP contribution in [0.1, 0.15) is 11.5 Å². The number of rotatable bonds is 4. The van der Waals surface area contributed by atoms with Crippen molar-refractivity contribution in [2.24, 2.45) is 5.92 Å². The van der Waals surface area contributed by atoms with Crippen molar-refractivity contribution in [2.75, 3.05) is 19.7 Å². The largest absolute Gasteiger partial charge is 0.396 e. The van der Waals surface area contributed by atoms with E-state index in [1.54, 1.807) is 17.4 Å². The molecule has 2 atom stereocenters. The Kier molecular flexibility index (Phi) is 4.03. The molecule has 1 aromatic carbocycles. The summed E-state index contributed by atoms with van der Waals surface area (Å²) < 4.78 is 27.4. The highest BCUT2D eigenvalue weighted by Crippen LogP contribution is 2.36. The zero-order chi connectivity index (χ0) is 17.6. The van der Waals surface area contributed by atoms with Crippen molar-refractivity contribution in [3.05, 3.63) is 51.1 Å². The Morgan fingerprint density at radius 2 is 2.00 bits per heavy atom. The lowest BCUT2D eigenvalue weighted by Gasteiger charge is -2.16. The van der Waals surface area contributed by atoms with Crippen LogP contribution >= 0.6 is 11.3 Å². The maximum absolute atomic E-state index is 13.0. The fourth-order valence-electron chi connectivity index (χ4n) is 3.40. The van der Waals surface area contributed by atoms with E-state index < -0.39 is 10.0 Å². The summed E-state index contributed by atoms with van der Waals surface area (Å²) >= 11 is 1.56. The van der Waals surface area contributed by atoms with Crippen LogP contribution in [0.4, 0.5) is 0 Å². The number of aromatic nitrogens is 2. The van der Waals surface area contributed by atoms with Crippen LogP contribution in [-0.2, 0) is 10.0 Å². The van der Waals surface area contributed by atoms with Gasteiger partial charge in [0.25, 0.3) is 0 Å². The third-order valence-electron chi connectivity index (χ3n) is 4.74. The van der Waals surface area contributed by atoms with E-state index in [0.29, 0.717) is 17.6 Å². The first-order valence-electron chi connectivity index (χ1n) is 7.84. The van der Waals surface area contributed by atoms with Crippen LogP contribution in [0.25, 0.3) is 11.0 Å². The van der Waals surface area contributed by atoms with E-state index in [-0.39, 0.29) is 35.6 Å². The van der Waals surface area contributed by atoms with Crippen LogP contribution in [0.3, 0.4) is 0 Å². The number of nitrogens with zero attached hydrogens (tertiary/aromatic N) is 1. The molecule has 0 radical (unpaired) electrons. The highest BCUT2D eigenvalue weighted by Gasteiger charge is 2.39. The lowest BCUT2D eigenvalue weighted by atomic mass is 9.92. The van der Waals surface area contributed by atoms with Gasteiger partial charge in [0.05, 0.1) is 15.9 Å². The van der Waals surface area contributed by atoms with Crippen molar-refractivity contribution in [3.8, 4) is 0 Å². The number of fused-ring (bicyclic) bond motifs is 1. The summed E-state index contributed by atoms with van der Waals surface area (Å²) in [6.07, 6.45) is 0. The van der Waals surface area contributed by atoms with Crippen LogP contribution in [0.5, 0.6) is 0 Å². The van der Waals surface area contributed by atoms with Gasteiger partial charge >= 0.3 is 5.69 Å². The molecule has 0 aliphatic carbocycles. The number of imidazole rings is 1. The standard InChI is InChI=1S/C16H17N3O4S2/c20-8-11-6-19(7-13(11)10-3-4-24-9-10)25(22,23)12-1-2-14-15(5-12)18-16(21)17-14/h1-5,9,11,13,20H,6-8H2,(H2,17,18,21). The number of H-pyrrole nitrogens is 2. The molecule has 4 rings (SSSR count). The second-order valence-corrected chi connectivity index (χ2v) is 8.93. The first-order valence-corrected chi connectivity index (χ1v) is 10.2. The van der Waals surface area contributed by atoms with Crippen LogP contribution < -0.4 is 5.69 Å². The number of aliphatic hydroxyl groups is 1. The van der Waals surface area contributed by atoms with Gasteiger partial charge < -0.3 is 15.1 Å². The van der Waals surface area contributed by atoms with E-state index in [0.717, 1.165) is 5.56 Å². The second kappa shape index (κ2) is 6.10. The average Bonchev–Trinajstić information content (AvgIpc) is 3.31. The maximum Gasteiger partial charge on any atom is 0.323 e. The van der Waals surface area contributed by atoms with Crippen LogP contribution in [-0.4, -0.2) is 47.5 Å². The van der Waals surface area contributed by atoms with Gasteiger partial charge in [0.2, 0.25) is 10.0 Å². The molecule has 2 aromatic heterocycles. The van der Waals surface area contributed by atoms with Gasteiger partial charge in [-0.1, -0.05) is 0 Å². The highest BCUT2D eigenvalue weighted by atomic mass is 32.2. The van der Waals surface area contributed by atoms with Gasteiger partial charge in [-0.15, -0.1) is 0 Å². The first-order chi connectivity index (χ1) is 12.0. The molecule has 0 bridgehead atoms. The Bertz CT molecular complexity index is 1050. The number of hydrogen-bond acceptors (Lipinski definition) is 5. The normalized spacial score (nSPS) is 22.0. The molecule has 3 heterocycles. The summed E-state index contributed by atoms with van der Waals surface area (Å²) in [5.74, 6) is -0.137. The van der Waals surface area contributed by atoms with Gasteiger partial charge in [0, 0.05) is 31.5 Å². The maximum atomic E-state index is 13.0. The average molecular weight is 379 g/mol. The van der Waals surface area contributed by atoms with E-state index >= 15 is 0 Å². The zero-order valence-electron chi connectivity index (χ0n) is 13.2. The summed E-state index contributed by atoms with van der Waals surface area (Å²) in [5.41, 5.74) is 1.71. The zero-order valence-corrected chi connectivity index (χ0v) is 14.8. The molecule has 1 aliphatic rings. The number of nitrogens with one attached hydrogen (secondary N) is 2. The van der Waals surface area contributed by atoms with Crippen LogP contribution in [0.2, 0.25) is 0 Å². The van der Waals surface area contributed by atoms with Crippen molar-refractivity contribution in [1.29, 1.82) is 0 Å². The Morgan fingerprint density at radius 3 is 2.72 bits per heavy atom. The summed E-state index contributed by atoms with van der Waals surface area (Å²) in [5, 5.41) is 13.6. The molecule has 3 aromatic rings. The fourth-order valence-corrected chi connectivity index (χ4v) is 5.67. The van der Waals surface area contributed by atoms with E-state index in [1.165, 1.54) is 16.4 Å². The summed E-state index contributed by atoms with van der Waals surface area (Å²) in [4.78, 5) is 16.7. The van der Waals surface area contributed by atoms with Gasteiger partial charge in [-0.2, -0.15) is 15.6 Å². The SMILES string of the molecule is O=c1[nH]c2ccc(S(=O)(=O)N3CC(CO)C(c4ccsc4)C3)cc2[nH]1. The van der Waals surface area contributed by atoms with Gasteiger partial charge in [-0.25, -0.2) is 13.2 Å². The minimum absolute atomic E-state index is 0.0122. The van der Waals surface area contributed by atoms with E-state index in [4.69, 9.17) is 0 Å². The van der Waals surface area contributed by atoms with Crippen LogP contribution in [0, 0.1) is 5.92 Å². The first kappa shape index (κ1) is 16.5. The molecule has 9 heteroatoms. The summed E-state index contributed by atoms with van der Waals surface area (Å²) in [6.45, 7) is 0.559. The van der Waals surface area contributed by atoms with Crippen LogP contribution in [0.15, 0.2) is 44.7 Å². The number of sulfonamides is 1. The molecule has 0 amide bonds. The second-order valence-electron chi connectivity index (χ2n) is 6.21. The monoisotopic (exact) mass is 379 g/mol. The summed E-state index contributed by atoms with van der Waals surface area (Å²) in [7, 11) is -3.70. The Balaban J connectivity index is 1.68. The van der Waals surface area contributed by atoms with Gasteiger partial charge in [-0.3, -0.25) is 0 Å². The molecule has 0 spiro atoms. The fraction of sp³-hybridized carbons (Fsp3) is 0.312. The lowest BCUT2D eigenvalue weighted by molar-refractivity contribution is 0.223. The third kappa shape index (κ3) is 2.82. The molecule has 1 aliphatic heterocycles. The Hall–Kier alpha value is -1.94. The predicted molar refractivity (Wildman–Crippen MR) is 95.3 cm³/mol. The third-order valence-corrected chi connectivity index (χ3v) is 7.27. The molecular formula is C16H17N3O4S2.